The van der Waals surface area contributed by atoms with Gasteiger partial charge in [-0.2, -0.15) is 8.78 Å². The van der Waals surface area contributed by atoms with Crippen LogP contribution < -0.4 is 10.1 Å². The molecule has 19 heavy (non-hydrogen) atoms. The second-order valence-electron chi connectivity index (χ2n) is 4.06. The van der Waals surface area contributed by atoms with E-state index in [-0.39, 0.29) is 11.8 Å². The van der Waals surface area contributed by atoms with E-state index in [9.17, 15) is 13.0 Å². The van der Waals surface area contributed by atoms with Crippen LogP contribution in [0, 0.1) is 0 Å². The molecule has 1 aromatic carbocycles. The van der Waals surface area contributed by atoms with Gasteiger partial charge in [-0.05, 0) is 24.6 Å². The first-order valence-electron chi connectivity index (χ1n) is 6.16. The van der Waals surface area contributed by atoms with Crippen LogP contribution in [0.15, 0.2) is 24.3 Å². The summed E-state index contributed by atoms with van der Waals surface area (Å²) in [4.78, 5) is 0. The summed E-state index contributed by atoms with van der Waals surface area (Å²) < 4.78 is 39.5. The van der Waals surface area contributed by atoms with Gasteiger partial charge in [-0.3, -0.25) is 4.21 Å². The third kappa shape index (κ3) is 6.11. The molecule has 0 aliphatic rings. The highest BCUT2D eigenvalue weighted by Gasteiger charge is 2.07. The average Bonchev–Trinajstić information content (AvgIpc) is 2.38. The van der Waals surface area contributed by atoms with Crippen molar-refractivity contribution in [3.8, 4) is 5.75 Å². The van der Waals surface area contributed by atoms with E-state index in [4.69, 9.17) is 0 Å². The van der Waals surface area contributed by atoms with Gasteiger partial charge in [0.05, 0.1) is 0 Å². The highest BCUT2D eigenvalue weighted by molar-refractivity contribution is 7.84. The molecule has 0 radical (unpaired) electrons. The van der Waals surface area contributed by atoms with Crippen molar-refractivity contribution in [2.75, 3.05) is 18.1 Å². The number of nitrogens with one attached hydrogen (secondary N) is 1. The highest BCUT2D eigenvalue weighted by Crippen LogP contribution is 2.18. The van der Waals surface area contributed by atoms with Gasteiger partial charge in [0.2, 0.25) is 0 Å². The maximum Gasteiger partial charge on any atom is 0.387 e. The van der Waals surface area contributed by atoms with Crippen molar-refractivity contribution in [3.63, 3.8) is 0 Å². The van der Waals surface area contributed by atoms with Gasteiger partial charge in [-0.15, -0.1) is 0 Å². The molecule has 2 atom stereocenters. The van der Waals surface area contributed by atoms with Crippen LogP contribution in [0.5, 0.6) is 5.75 Å². The Labute approximate surface area is 114 Å². The molecule has 0 bridgehead atoms. The van der Waals surface area contributed by atoms with Crippen molar-refractivity contribution in [2.45, 2.75) is 26.5 Å². The predicted molar refractivity (Wildman–Crippen MR) is 73.0 cm³/mol. The minimum absolute atomic E-state index is 0.0782. The SMILES string of the molecule is CCS(=O)CCNC(C)c1ccc(OC(F)F)cc1. The first-order valence-corrected chi connectivity index (χ1v) is 7.65. The molecule has 0 saturated heterocycles. The smallest absolute Gasteiger partial charge is 0.387 e. The fourth-order valence-corrected chi connectivity index (χ4v) is 2.22. The van der Waals surface area contributed by atoms with Gasteiger partial charge in [0.15, 0.2) is 0 Å². The van der Waals surface area contributed by atoms with E-state index in [1.807, 2.05) is 13.8 Å². The molecule has 0 fully saturated rings. The summed E-state index contributed by atoms with van der Waals surface area (Å²) in [6, 6.07) is 6.60. The average molecular weight is 291 g/mol. The minimum atomic E-state index is -2.80. The van der Waals surface area contributed by atoms with Gasteiger partial charge in [-0.1, -0.05) is 19.1 Å². The zero-order chi connectivity index (χ0) is 14.3. The fraction of sp³-hybridized carbons (Fsp3) is 0.538. The van der Waals surface area contributed by atoms with Crippen molar-refractivity contribution in [3.05, 3.63) is 29.8 Å². The van der Waals surface area contributed by atoms with Gasteiger partial charge >= 0.3 is 6.61 Å². The third-order valence-corrected chi connectivity index (χ3v) is 4.01. The maximum atomic E-state index is 12.0. The lowest BCUT2D eigenvalue weighted by molar-refractivity contribution is -0.0498. The van der Waals surface area contributed by atoms with Crippen LogP contribution >= 0.6 is 0 Å². The topological polar surface area (TPSA) is 38.3 Å². The Morgan fingerprint density at radius 1 is 1.32 bits per heavy atom. The van der Waals surface area contributed by atoms with E-state index < -0.39 is 17.4 Å². The summed E-state index contributed by atoms with van der Waals surface area (Å²) in [6.45, 7) is 1.72. The molecule has 3 nitrogen and oxygen atoms in total. The standard InChI is InChI=1S/C13H19F2NO2S/c1-3-19(17)9-8-16-10(2)11-4-6-12(7-5-11)18-13(14)15/h4-7,10,13,16H,3,8-9H2,1-2H3. The van der Waals surface area contributed by atoms with Crippen LogP contribution in [0.4, 0.5) is 8.78 Å². The van der Waals surface area contributed by atoms with Crippen LogP contribution in [-0.2, 0) is 10.8 Å². The zero-order valence-corrected chi connectivity index (χ0v) is 11.9. The number of rotatable bonds is 8. The Bertz CT molecular complexity index is 398. The number of alkyl halides is 2. The Hall–Kier alpha value is -1.01. The molecule has 0 saturated carbocycles. The third-order valence-electron chi connectivity index (χ3n) is 2.71. The Morgan fingerprint density at radius 3 is 2.47 bits per heavy atom. The van der Waals surface area contributed by atoms with Crippen LogP contribution in [-0.4, -0.2) is 28.9 Å². The minimum Gasteiger partial charge on any atom is -0.435 e. The first kappa shape index (κ1) is 16.0. The summed E-state index contributed by atoms with van der Waals surface area (Å²) in [7, 11) is -0.776. The molecule has 0 aliphatic carbocycles. The highest BCUT2D eigenvalue weighted by atomic mass is 32.2. The Kier molecular flexibility index (Phi) is 6.94. The molecule has 108 valence electrons. The van der Waals surface area contributed by atoms with E-state index in [0.717, 1.165) is 5.56 Å². The van der Waals surface area contributed by atoms with Gasteiger partial charge in [0, 0.05) is 34.9 Å². The second kappa shape index (κ2) is 8.22. The molecule has 1 rings (SSSR count). The van der Waals surface area contributed by atoms with Crippen LogP contribution in [0.25, 0.3) is 0 Å². The Morgan fingerprint density at radius 2 is 1.95 bits per heavy atom. The van der Waals surface area contributed by atoms with E-state index >= 15 is 0 Å². The van der Waals surface area contributed by atoms with E-state index in [0.29, 0.717) is 18.1 Å². The van der Waals surface area contributed by atoms with Crippen molar-refractivity contribution < 1.29 is 17.7 Å². The summed E-state index contributed by atoms with van der Waals surface area (Å²) in [5.41, 5.74) is 0.976. The van der Waals surface area contributed by atoms with Crippen LogP contribution in [0.1, 0.15) is 25.5 Å². The summed E-state index contributed by atoms with van der Waals surface area (Å²) in [6.07, 6.45) is 0. The largest absolute Gasteiger partial charge is 0.435 e. The lowest BCUT2D eigenvalue weighted by Crippen LogP contribution is -2.24. The van der Waals surface area contributed by atoms with Crippen molar-refractivity contribution in [2.24, 2.45) is 0 Å². The second-order valence-corrected chi connectivity index (χ2v) is 5.92. The monoisotopic (exact) mass is 291 g/mol. The van der Waals surface area contributed by atoms with Crippen LogP contribution in [0.2, 0.25) is 0 Å². The molecule has 0 aromatic heterocycles. The molecular formula is C13H19F2NO2S. The number of halogens is 2. The Balaban J connectivity index is 2.44. The number of benzene rings is 1. The molecule has 2 unspecified atom stereocenters. The molecule has 1 aromatic rings. The quantitative estimate of drug-likeness (QED) is 0.800. The number of hydrogen-bond donors (Lipinski definition) is 1. The van der Waals surface area contributed by atoms with Gasteiger partial charge in [0.25, 0.3) is 0 Å². The van der Waals surface area contributed by atoms with E-state index in [1.165, 1.54) is 12.1 Å². The molecule has 1 N–H and O–H groups in total. The molecule has 0 amide bonds. The van der Waals surface area contributed by atoms with Crippen molar-refractivity contribution >= 4 is 10.8 Å². The van der Waals surface area contributed by atoms with E-state index in [2.05, 4.69) is 10.1 Å². The molecule has 0 heterocycles. The number of hydrogen-bond acceptors (Lipinski definition) is 3. The van der Waals surface area contributed by atoms with Gasteiger partial charge in [-0.25, -0.2) is 0 Å². The molecule has 0 spiro atoms. The van der Waals surface area contributed by atoms with Crippen molar-refractivity contribution in [1.29, 1.82) is 0 Å². The first-order chi connectivity index (χ1) is 9.02. The van der Waals surface area contributed by atoms with Gasteiger partial charge < -0.3 is 10.1 Å². The molecular weight excluding hydrogens is 272 g/mol. The molecule has 0 aliphatic heterocycles. The molecule has 6 heteroatoms. The normalized spacial score (nSPS) is 14.4. The maximum absolute atomic E-state index is 12.0. The summed E-state index contributed by atoms with van der Waals surface area (Å²) in [5, 5.41) is 3.24. The predicted octanol–water partition coefficient (Wildman–Crippen LogP) is 2.71. The van der Waals surface area contributed by atoms with E-state index in [1.54, 1.807) is 12.1 Å². The van der Waals surface area contributed by atoms with Crippen molar-refractivity contribution in [1.82, 2.24) is 5.32 Å². The lowest BCUT2D eigenvalue weighted by Gasteiger charge is -2.14. The zero-order valence-electron chi connectivity index (χ0n) is 11.1. The number of ether oxygens (including phenoxy) is 1. The summed E-state index contributed by atoms with van der Waals surface area (Å²) >= 11 is 0. The summed E-state index contributed by atoms with van der Waals surface area (Å²) in [5.74, 6) is 1.43. The van der Waals surface area contributed by atoms with Crippen LogP contribution in [0.3, 0.4) is 0 Å². The fourth-order valence-electron chi connectivity index (χ4n) is 1.59. The lowest BCUT2D eigenvalue weighted by atomic mass is 10.1. The van der Waals surface area contributed by atoms with Gasteiger partial charge in [0.1, 0.15) is 5.75 Å².